The van der Waals surface area contributed by atoms with E-state index < -0.39 is 5.56 Å². The molecule has 3 rings (SSSR count). The predicted molar refractivity (Wildman–Crippen MR) is 75.6 cm³/mol. The largest absolute Gasteiger partial charge is 0.505 e. The van der Waals surface area contributed by atoms with Crippen molar-refractivity contribution in [2.75, 3.05) is 5.73 Å². The molecule has 0 saturated heterocycles. The summed E-state index contributed by atoms with van der Waals surface area (Å²) in [5.41, 5.74) is 6.50. The highest BCUT2D eigenvalue weighted by atomic mass is 16.3. The van der Waals surface area contributed by atoms with Crippen molar-refractivity contribution in [2.45, 2.75) is 0 Å². The van der Waals surface area contributed by atoms with Crippen LogP contribution in [0.15, 0.2) is 59.4 Å². The van der Waals surface area contributed by atoms with Gasteiger partial charge in [-0.1, -0.05) is 30.3 Å². The van der Waals surface area contributed by atoms with E-state index >= 15 is 0 Å². The second kappa shape index (κ2) is 4.17. The standard InChI is InChI=1S/C15H12N2O2/c16-13-14(18)11-8-4-5-9-12(11)17(15(13)19)10-6-2-1-3-7-10/h1-9,18H,16H2. The first-order chi connectivity index (χ1) is 9.20. The molecule has 3 N–H and O–H groups in total. The Bertz CT molecular complexity index is 807. The van der Waals surface area contributed by atoms with Crippen molar-refractivity contribution in [1.82, 2.24) is 4.57 Å². The molecule has 3 aromatic rings. The molecule has 0 aliphatic carbocycles. The number of hydrogen-bond acceptors (Lipinski definition) is 3. The number of fused-ring (bicyclic) bond motifs is 1. The number of nitrogens with zero attached hydrogens (tertiary/aromatic N) is 1. The molecule has 19 heavy (non-hydrogen) atoms. The lowest BCUT2D eigenvalue weighted by Crippen LogP contribution is -2.21. The molecule has 4 heteroatoms. The van der Waals surface area contributed by atoms with Gasteiger partial charge in [0, 0.05) is 11.1 Å². The van der Waals surface area contributed by atoms with Crippen LogP contribution in [0.4, 0.5) is 5.69 Å². The van der Waals surface area contributed by atoms with E-state index in [1.807, 2.05) is 36.4 Å². The Morgan fingerprint density at radius 3 is 2.32 bits per heavy atom. The van der Waals surface area contributed by atoms with E-state index in [4.69, 9.17) is 5.73 Å². The van der Waals surface area contributed by atoms with E-state index in [2.05, 4.69) is 0 Å². The number of benzene rings is 2. The third-order valence-electron chi connectivity index (χ3n) is 3.10. The number of nitrogens with two attached hydrogens (primary N) is 1. The van der Waals surface area contributed by atoms with Gasteiger partial charge in [0.05, 0.1) is 5.52 Å². The van der Waals surface area contributed by atoms with E-state index in [9.17, 15) is 9.90 Å². The Balaban J connectivity index is 2.52. The van der Waals surface area contributed by atoms with Crippen molar-refractivity contribution in [3.05, 3.63) is 65.0 Å². The maximum Gasteiger partial charge on any atom is 0.282 e. The molecule has 0 saturated carbocycles. The van der Waals surface area contributed by atoms with Crippen LogP contribution in [0.2, 0.25) is 0 Å². The van der Waals surface area contributed by atoms with E-state index in [0.29, 0.717) is 10.9 Å². The number of aromatic nitrogens is 1. The second-order valence-electron chi connectivity index (χ2n) is 4.26. The minimum Gasteiger partial charge on any atom is -0.505 e. The molecule has 0 aliphatic rings. The molecule has 2 aromatic carbocycles. The number of para-hydroxylation sites is 2. The van der Waals surface area contributed by atoms with Crippen LogP contribution in [-0.4, -0.2) is 9.67 Å². The van der Waals surface area contributed by atoms with Crippen molar-refractivity contribution in [2.24, 2.45) is 0 Å². The van der Waals surface area contributed by atoms with Gasteiger partial charge in [0.15, 0.2) is 5.75 Å². The van der Waals surface area contributed by atoms with Crippen molar-refractivity contribution >= 4 is 16.6 Å². The summed E-state index contributed by atoms with van der Waals surface area (Å²) >= 11 is 0. The topological polar surface area (TPSA) is 68.2 Å². The first kappa shape index (κ1) is 11.3. The summed E-state index contributed by atoms with van der Waals surface area (Å²) in [7, 11) is 0. The summed E-state index contributed by atoms with van der Waals surface area (Å²) in [6.07, 6.45) is 0. The molecule has 0 spiro atoms. The zero-order valence-corrected chi connectivity index (χ0v) is 10.1. The molecule has 0 amide bonds. The van der Waals surface area contributed by atoms with Crippen molar-refractivity contribution in [3.63, 3.8) is 0 Å². The summed E-state index contributed by atoms with van der Waals surface area (Å²) in [6.45, 7) is 0. The minimum absolute atomic E-state index is 0.137. The molecule has 0 aliphatic heterocycles. The Morgan fingerprint density at radius 2 is 1.58 bits per heavy atom. The summed E-state index contributed by atoms with van der Waals surface area (Å²) < 4.78 is 1.50. The Morgan fingerprint density at radius 1 is 0.947 bits per heavy atom. The number of rotatable bonds is 1. The van der Waals surface area contributed by atoms with Crippen LogP contribution < -0.4 is 11.3 Å². The average Bonchev–Trinajstić information content (AvgIpc) is 2.46. The average molecular weight is 252 g/mol. The molecule has 1 heterocycles. The molecule has 0 bridgehead atoms. The number of nitrogen functional groups attached to an aromatic ring is 1. The van der Waals surface area contributed by atoms with Gasteiger partial charge in [-0.15, -0.1) is 0 Å². The minimum atomic E-state index is -0.414. The van der Waals surface area contributed by atoms with Crippen LogP contribution in [0, 0.1) is 0 Å². The van der Waals surface area contributed by atoms with Crippen LogP contribution >= 0.6 is 0 Å². The Kier molecular flexibility index (Phi) is 2.49. The summed E-state index contributed by atoms with van der Waals surface area (Å²) in [5, 5.41) is 10.5. The first-order valence-electron chi connectivity index (χ1n) is 5.88. The van der Waals surface area contributed by atoms with E-state index in [1.165, 1.54) is 4.57 Å². The maximum atomic E-state index is 12.3. The molecule has 4 nitrogen and oxygen atoms in total. The summed E-state index contributed by atoms with van der Waals surface area (Å²) in [5.74, 6) is -0.159. The van der Waals surface area contributed by atoms with Gasteiger partial charge in [-0.25, -0.2) is 0 Å². The van der Waals surface area contributed by atoms with Gasteiger partial charge in [0.2, 0.25) is 0 Å². The Hall–Kier alpha value is -2.75. The second-order valence-corrected chi connectivity index (χ2v) is 4.26. The smallest absolute Gasteiger partial charge is 0.282 e. The van der Waals surface area contributed by atoms with Crippen LogP contribution in [0.1, 0.15) is 0 Å². The zero-order valence-electron chi connectivity index (χ0n) is 10.1. The van der Waals surface area contributed by atoms with Gasteiger partial charge in [0.1, 0.15) is 5.69 Å². The molecule has 94 valence electrons. The van der Waals surface area contributed by atoms with E-state index in [-0.39, 0.29) is 11.4 Å². The highest BCUT2D eigenvalue weighted by Gasteiger charge is 2.14. The molecular formula is C15H12N2O2. The van der Waals surface area contributed by atoms with Crippen LogP contribution in [0.25, 0.3) is 16.6 Å². The quantitative estimate of drug-likeness (QED) is 0.698. The lowest BCUT2D eigenvalue weighted by atomic mass is 10.1. The van der Waals surface area contributed by atoms with Crippen molar-refractivity contribution in [1.29, 1.82) is 0 Å². The maximum absolute atomic E-state index is 12.3. The molecule has 0 fully saturated rings. The fraction of sp³-hybridized carbons (Fsp3) is 0. The molecule has 0 radical (unpaired) electrons. The molecular weight excluding hydrogens is 240 g/mol. The van der Waals surface area contributed by atoms with Gasteiger partial charge in [-0.2, -0.15) is 0 Å². The number of aromatic hydroxyl groups is 1. The summed E-state index contributed by atoms with van der Waals surface area (Å²) in [4.78, 5) is 12.3. The number of pyridine rings is 1. The lowest BCUT2D eigenvalue weighted by Gasteiger charge is -2.13. The fourth-order valence-electron chi connectivity index (χ4n) is 2.18. The van der Waals surface area contributed by atoms with Crippen LogP contribution in [0.3, 0.4) is 0 Å². The monoisotopic (exact) mass is 252 g/mol. The SMILES string of the molecule is Nc1c(O)c2ccccc2n(-c2ccccc2)c1=O. The Labute approximate surface area is 109 Å². The fourth-order valence-corrected chi connectivity index (χ4v) is 2.18. The van der Waals surface area contributed by atoms with Gasteiger partial charge < -0.3 is 10.8 Å². The van der Waals surface area contributed by atoms with E-state index in [1.54, 1.807) is 18.2 Å². The molecule has 0 unspecified atom stereocenters. The third kappa shape index (κ3) is 1.65. The summed E-state index contributed by atoms with van der Waals surface area (Å²) in [6, 6.07) is 16.3. The van der Waals surface area contributed by atoms with Gasteiger partial charge >= 0.3 is 0 Å². The normalized spacial score (nSPS) is 10.7. The van der Waals surface area contributed by atoms with Gasteiger partial charge in [-0.05, 0) is 24.3 Å². The third-order valence-corrected chi connectivity index (χ3v) is 3.10. The first-order valence-corrected chi connectivity index (χ1v) is 5.88. The van der Waals surface area contributed by atoms with Gasteiger partial charge in [0.25, 0.3) is 5.56 Å². The van der Waals surface area contributed by atoms with Gasteiger partial charge in [-0.3, -0.25) is 9.36 Å². The molecule has 1 aromatic heterocycles. The van der Waals surface area contributed by atoms with E-state index in [0.717, 1.165) is 5.69 Å². The predicted octanol–water partition coefficient (Wildman–Crippen LogP) is 2.28. The van der Waals surface area contributed by atoms with Crippen LogP contribution in [0.5, 0.6) is 5.75 Å². The highest BCUT2D eigenvalue weighted by molar-refractivity contribution is 5.90. The lowest BCUT2D eigenvalue weighted by molar-refractivity contribution is 0.483. The number of anilines is 1. The highest BCUT2D eigenvalue weighted by Crippen LogP contribution is 2.28. The van der Waals surface area contributed by atoms with Crippen LogP contribution in [-0.2, 0) is 0 Å². The van der Waals surface area contributed by atoms with Crippen molar-refractivity contribution < 1.29 is 5.11 Å². The number of hydrogen-bond donors (Lipinski definition) is 2. The zero-order chi connectivity index (χ0) is 13.4. The van der Waals surface area contributed by atoms with Crippen molar-refractivity contribution in [3.8, 4) is 11.4 Å². The molecule has 0 atom stereocenters.